The van der Waals surface area contributed by atoms with Crippen molar-refractivity contribution in [1.29, 1.82) is 0 Å². The molecule has 0 radical (unpaired) electrons. The molecule has 2 atom stereocenters. The minimum Gasteiger partial charge on any atom is -0.481 e. The van der Waals surface area contributed by atoms with E-state index in [1.807, 2.05) is 55.4 Å². The summed E-state index contributed by atoms with van der Waals surface area (Å²) in [6, 6.07) is 16.2. The lowest BCUT2D eigenvalue weighted by atomic mass is 9.86. The van der Waals surface area contributed by atoms with E-state index in [0.717, 1.165) is 23.1 Å². The van der Waals surface area contributed by atoms with Gasteiger partial charge in [-0.2, -0.15) is 0 Å². The zero-order valence-corrected chi connectivity index (χ0v) is 17.5. The van der Waals surface area contributed by atoms with Crippen molar-refractivity contribution in [3.63, 3.8) is 0 Å². The topological polar surface area (TPSA) is 60.9 Å². The summed E-state index contributed by atoms with van der Waals surface area (Å²) >= 11 is 0. The summed E-state index contributed by atoms with van der Waals surface area (Å²) in [5.41, 5.74) is 3.87. The lowest BCUT2D eigenvalue weighted by molar-refractivity contribution is -0.137. The molecule has 0 aliphatic carbocycles. The summed E-state index contributed by atoms with van der Waals surface area (Å²) in [6.45, 7) is 3.34. The van der Waals surface area contributed by atoms with Crippen molar-refractivity contribution in [2.24, 2.45) is 5.92 Å². The van der Waals surface area contributed by atoms with Gasteiger partial charge in [0.2, 0.25) is 0 Å². The van der Waals surface area contributed by atoms with Crippen molar-refractivity contribution in [2.75, 3.05) is 27.2 Å². The molecule has 1 saturated heterocycles. The molecule has 1 aliphatic heterocycles. The summed E-state index contributed by atoms with van der Waals surface area (Å²) in [6.07, 6.45) is 1.58. The van der Waals surface area contributed by atoms with Gasteiger partial charge in [-0.15, -0.1) is 0 Å². The van der Waals surface area contributed by atoms with Gasteiger partial charge in [0, 0.05) is 31.1 Å². The first-order valence-corrected chi connectivity index (χ1v) is 10.2. The Balaban J connectivity index is 1.86. The Hall–Kier alpha value is -2.66. The first-order chi connectivity index (χ1) is 13.9. The lowest BCUT2D eigenvalue weighted by Gasteiger charge is -2.41. The Morgan fingerprint density at radius 2 is 1.72 bits per heavy atom. The highest BCUT2D eigenvalue weighted by Gasteiger charge is 2.33. The quantitative estimate of drug-likeness (QED) is 0.807. The van der Waals surface area contributed by atoms with Crippen LogP contribution in [0, 0.1) is 12.8 Å². The number of piperidine rings is 1. The molecule has 5 heteroatoms. The largest absolute Gasteiger partial charge is 0.481 e. The maximum absolute atomic E-state index is 13.5. The number of carboxylic acid groups (broad SMARTS) is 1. The van der Waals surface area contributed by atoms with Gasteiger partial charge in [-0.3, -0.25) is 9.59 Å². The molecule has 1 fully saturated rings. The second-order valence-electron chi connectivity index (χ2n) is 8.12. The summed E-state index contributed by atoms with van der Waals surface area (Å²) in [7, 11) is 4.06. The van der Waals surface area contributed by atoms with Crippen LogP contribution in [0.25, 0.3) is 11.1 Å². The first-order valence-electron chi connectivity index (χ1n) is 10.2. The lowest BCUT2D eigenvalue weighted by Crippen LogP contribution is -2.50. The van der Waals surface area contributed by atoms with E-state index in [1.165, 1.54) is 0 Å². The molecule has 0 saturated carbocycles. The number of rotatable bonds is 6. The van der Waals surface area contributed by atoms with Crippen molar-refractivity contribution in [3.8, 4) is 11.1 Å². The Bertz CT molecular complexity index is 878. The van der Waals surface area contributed by atoms with Crippen LogP contribution in [0.1, 0.15) is 35.2 Å². The summed E-state index contributed by atoms with van der Waals surface area (Å²) in [4.78, 5) is 28.6. The third kappa shape index (κ3) is 4.85. The molecular weight excluding hydrogens is 364 g/mol. The third-order valence-corrected chi connectivity index (χ3v) is 5.97. The molecule has 1 aliphatic rings. The molecule has 0 aromatic heterocycles. The van der Waals surface area contributed by atoms with Crippen LogP contribution >= 0.6 is 0 Å². The predicted octanol–water partition coefficient (Wildman–Crippen LogP) is 3.92. The van der Waals surface area contributed by atoms with Crippen LogP contribution in [0.3, 0.4) is 0 Å². The highest BCUT2D eigenvalue weighted by atomic mass is 16.4. The van der Waals surface area contributed by atoms with Gasteiger partial charge < -0.3 is 14.9 Å². The molecule has 3 rings (SSSR count). The van der Waals surface area contributed by atoms with E-state index in [0.29, 0.717) is 31.1 Å². The van der Waals surface area contributed by atoms with Gasteiger partial charge in [0.15, 0.2) is 0 Å². The maximum atomic E-state index is 13.5. The van der Waals surface area contributed by atoms with Crippen molar-refractivity contribution in [2.45, 2.75) is 32.2 Å². The predicted molar refractivity (Wildman–Crippen MR) is 115 cm³/mol. The van der Waals surface area contributed by atoms with Gasteiger partial charge in [0.1, 0.15) is 0 Å². The number of hydrogen-bond donors (Lipinski definition) is 1. The van der Waals surface area contributed by atoms with E-state index in [-0.39, 0.29) is 18.2 Å². The van der Waals surface area contributed by atoms with Crippen LogP contribution < -0.4 is 0 Å². The SMILES string of the molecule is Cc1ccccc1-c1ccccc1C(=O)N1CC[C@H](N(C)C)[C@H](CCC(=O)O)C1. The Morgan fingerprint density at radius 3 is 2.38 bits per heavy atom. The summed E-state index contributed by atoms with van der Waals surface area (Å²) < 4.78 is 0. The fourth-order valence-corrected chi connectivity index (χ4v) is 4.43. The van der Waals surface area contributed by atoms with Crippen LogP contribution in [0.5, 0.6) is 0 Å². The van der Waals surface area contributed by atoms with Crippen molar-refractivity contribution < 1.29 is 14.7 Å². The molecule has 5 nitrogen and oxygen atoms in total. The van der Waals surface area contributed by atoms with Gasteiger partial charge >= 0.3 is 5.97 Å². The second-order valence-corrected chi connectivity index (χ2v) is 8.12. The highest BCUT2D eigenvalue weighted by molar-refractivity contribution is 6.01. The van der Waals surface area contributed by atoms with Crippen molar-refractivity contribution >= 4 is 11.9 Å². The molecule has 2 aromatic rings. The highest BCUT2D eigenvalue weighted by Crippen LogP contribution is 2.30. The zero-order chi connectivity index (χ0) is 21.0. The molecule has 154 valence electrons. The molecule has 0 spiro atoms. The van der Waals surface area contributed by atoms with Crippen LogP contribution in [-0.2, 0) is 4.79 Å². The van der Waals surface area contributed by atoms with Crippen LogP contribution in [-0.4, -0.2) is 60.0 Å². The minimum atomic E-state index is -0.782. The number of likely N-dealkylation sites (tertiary alicyclic amines) is 1. The second kappa shape index (κ2) is 9.23. The number of nitrogens with zero attached hydrogens (tertiary/aromatic N) is 2. The molecular formula is C24H30N2O3. The Labute approximate surface area is 172 Å². The third-order valence-electron chi connectivity index (χ3n) is 5.97. The number of carboxylic acids is 1. The van der Waals surface area contributed by atoms with Gasteiger partial charge in [0.25, 0.3) is 5.91 Å². The number of hydrogen-bond acceptors (Lipinski definition) is 3. The van der Waals surface area contributed by atoms with Crippen molar-refractivity contribution in [1.82, 2.24) is 9.80 Å². The van der Waals surface area contributed by atoms with E-state index in [4.69, 9.17) is 5.11 Å². The zero-order valence-electron chi connectivity index (χ0n) is 17.5. The standard InChI is InChI=1S/C24H30N2O3/c1-17-8-4-5-9-19(17)20-10-6-7-11-21(20)24(29)26-15-14-22(25(2)3)18(16-26)12-13-23(27)28/h4-11,18,22H,12-16H2,1-3H3,(H,27,28)/t18-,22+/m1/s1. The van der Waals surface area contributed by atoms with Crippen LogP contribution in [0.2, 0.25) is 0 Å². The number of aryl methyl sites for hydroxylation is 1. The average Bonchev–Trinajstić information content (AvgIpc) is 2.71. The normalized spacial score (nSPS) is 19.4. The average molecular weight is 395 g/mol. The molecule has 2 aromatic carbocycles. The number of aliphatic carboxylic acids is 1. The number of benzene rings is 2. The molecule has 1 heterocycles. The van der Waals surface area contributed by atoms with E-state index < -0.39 is 5.97 Å². The number of carbonyl (C=O) groups excluding carboxylic acids is 1. The molecule has 0 bridgehead atoms. The van der Waals surface area contributed by atoms with Gasteiger partial charge in [-0.1, -0.05) is 42.5 Å². The molecule has 1 amide bonds. The van der Waals surface area contributed by atoms with Crippen LogP contribution in [0.4, 0.5) is 0 Å². The van der Waals surface area contributed by atoms with E-state index in [1.54, 1.807) is 0 Å². The summed E-state index contributed by atoms with van der Waals surface area (Å²) in [5.74, 6) is -0.596. The summed E-state index contributed by atoms with van der Waals surface area (Å²) in [5, 5.41) is 9.12. The van der Waals surface area contributed by atoms with Gasteiger partial charge in [0.05, 0.1) is 0 Å². The monoisotopic (exact) mass is 394 g/mol. The van der Waals surface area contributed by atoms with Gasteiger partial charge in [-0.05, 0) is 62.5 Å². The number of carbonyl (C=O) groups is 2. The number of amides is 1. The molecule has 29 heavy (non-hydrogen) atoms. The minimum absolute atomic E-state index is 0.0291. The van der Waals surface area contributed by atoms with Gasteiger partial charge in [-0.25, -0.2) is 0 Å². The smallest absolute Gasteiger partial charge is 0.303 e. The first kappa shape index (κ1) is 21.1. The van der Waals surface area contributed by atoms with E-state index in [2.05, 4.69) is 24.0 Å². The van der Waals surface area contributed by atoms with Crippen LogP contribution in [0.15, 0.2) is 48.5 Å². The fourth-order valence-electron chi connectivity index (χ4n) is 4.43. The maximum Gasteiger partial charge on any atom is 0.303 e. The molecule has 1 N–H and O–H groups in total. The Kier molecular flexibility index (Phi) is 6.70. The molecule has 0 unspecified atom stereocenters. The Morgan fingerprint density at radius 1 is 1.07 bits per heavy atom. The van der Waals surface area contributed by atoms with Crippen molar-refractivity contribution in [3.05, 3.63) is 59.7 Å². The van der Waals surface area contributed by atoms with E-state index in [9.17, 15) is 9.59 Å². The van der Waals surface area contributed by atoms with E-state index >= 15 is 0 Å². The fraction of sp³-hybridized carbons (Fsp3) is 0.417.